The molecule has 96 valence electrons. The molecular formula is C14H10N6. The van der Waals surface area contributed by atoms with E-state index >= 15 is 0 Å². The van der Waals surface area contributed by atoms with E-state index in [1.165, 1.54) is 0 Å². The molecule has 3 aromatic heterocycles. The summed E-state index contributed by atoms with van der Waals surface area (Å²) in [7, 11) is 0. The Labute approximate surface area is 113 Å². The monoisotopic (exact) mass is 262 g/mol. The van der Waals surface area contributed by atoms with E-state index in [2.05, 4.69) is 19.9 Å². The second kappa shape index (κ2) is 3.74. The molecule has 0 amide bonds. The number of nitrogens with two attached hydrogens (primary N) is 2. The molecule has 4 N–H and O–H groups in total. The molecule has 4 rings (SSSR count). The summed E-state index contributed by atoms with van der Waals surface area (Å²) in [5.41, 5.74) is 14.5. The van der Waals surface area contributed by atoms with Gasteiger partial charge < -0.3 is 11.5 Å². The second-order valence-corrected chi connectivity index (χ2v) is 4.49. The fourth-order valence-corrected chi connectivity index (χ4v) is 2.41. The third-order valence-electron chi connectivity index (χ3n) is 3.30. The number of fused-ring (bicyclic) bond motifs is 6. The third-order valence-corrected chi connectivity index (χ3v) is 3.30. The van der Waals surface area contributed by atoms with Gasteiger partial charge in [-0.25, -0.2) is 9.97 Å². The van der Waals surface area contributed by atoms with Gasteiger partial charge in [-0.1, -0.05) is 0 Å². The van der Waals surface area contributed by atoms with Gasteiger partial charge in [-0.05, 0) is 24.3 Å². The minimum Gasteiger partial charge on any atom is -0.381 e. The number of pyridine rings is 2. The molecule has 0 aliphatic carbocycles. The number of aromatic nitrogens is 4. The van der Waals surface area contributed by atoms with E-state index < -0.39 is 0 Å². The summed E-state index contributed by atoms with van der Waals surface area (Å²) in [4.78, 5) is 17.6. The van der Waals surface area contributed by atoms with Crippen LogP contribution in [-0.2, 0) is 0 Å². The number of benzene rings is 1. The lowest BCUT2D eigenvalue weighted by atomic mass is 10.1. The van der Waals surface area contributed by atoms with Gasteiger partial charge in [-0.2, -0.15) is 0 Å². The van der Waals surface area contributed by atoms with Crippen LogP contribution in [0.2, 0.25) is 0 Å². The number of hydrogen-bond acceptors (Lipinski definition) is 6. The van der Waals surface area contributed by atoms with Crippen molar-refractivity contribution in [3.05, 3.63) is 36.7 Å². The predicted molar refractivity (Wildman–Crippen MR) is 79.0 cm³/mol. The van der Waals surface area contributed by atoms with Crippen molar-refractivity contribution in [2.45, 2.75) is 0 Å². The van der Waals surface area contributed by atoms with Crippen LogP contribution < -0.4 is 11.5 Å². The standard InChI is InChI=1S/C14H10N6/c15-13-14(16)20-12-8-4-2-6-18-10(8)9-7(11(12)19-13)3-1-5-17-9/h1-6H,(H2,15,19)(H2,16,20). The molecular weight excluding hydrogens is 252 g/mol. The Morgan fingerprint density at radius 3 is 1.55 bits per heavy atom. The van der Waals surface area contributed by atoms with E-state index in [4.69, 9.17) is 11.5 Å². The van der Waals surface area contributed by atoms with Crippen LogP contribution in [-0.4, -0.2) is 19.9 Å². The smallest absolute Gasteiger partial charge is 0.166 e. The van der Waals surface area contributed by atoms with Gasteiger partial charge >= 0.3 is 0 Å². The lowest BCUT2D eigenvalue weighted by Crippen LogP contribution is -2.02. The molecule has 0 saturated carbocycles. The highest BCUT2D eigenvalue weighted by Crippen LogP contribution is 2.31. The van der Waals surface area contributed by atoms with Gasteiger partial charge in [0, 0.05) is 23.2 Å². The number of rotatable bonds is 0. The highest BCUT2D eigenvalue weighted by molar-refractivity contribution is 6.20. The number of nitrogen functional groups attached to an aromatic ring is 2. The first-order chi connectivity index (χ1) is 9.75. The van der Waals surface area contributed by atoms with Crippen molar-refractivity contribution in [1.29, 1.82) is 0 Å². The Bertz CT molecular complexity index is 899. The van der Waals surface area contributed by atoms with E-state index in [9.17, 15) is 0 Å². The Hall–Kier alpha value is -3.02. The second-order valence-electron chi connectivity index (χ2n) is 4.49. The molecule has 0 aliphatic rings. The van der Waals surface area contributed by atoms with Crippen molar-refractivity contribution >= 4 is 44.5 Å². The van der Waals surface area contributed by atoms with Gasteiger partial charge in [0.05, 0.1) is 11.0 Å². The van der Waals surface area contributed by atoms with Crippen LogP contribution in [0.15, 0.2) is 36.7 Å². The van der Waals surface area contributed by atoms with Crippen molar-refractivity contribution in [2.75, 3.05) is 11.5 Å². The lowest BCUT2D eigenvalue weighted by molar-refractivity contribution is 1.31. The molecule has 6 nitrogen and oxygen atoms in total. The topological polar surface area (TPSA) is 104 Å². The average molecular weight is 262 g/mol. The summed E-state index contributed by atoms with van der Waals surface area (Å²) in [6, 6.07) is 7.57. The van der Waals surface area contributed by atoms with E-state index in [-0.39, 0.29) is 11.6 Å². The normalized spacial score (nSPS) is 11.4. The summed E-state index contributed by atoms with van der Waals surface area (Å²) in [6.07, 6.45) is 3.47. The minimum atomic E-state index is 0.228. The Balaban J connectivity index is 2.42. The molecule has 3 heterocycles. The fraction of sp³-hybridized carbons (Fsp3) is 0. The van der Waals surface area contributed by atoms with Crippen LogP contribution >= 0.6 is 0 Å². The molecule has 0 bridgehead atoms. The van der Waals surface area contributed by atoms with Gasteiger partial charge in [0.25, 0.3) is 0 Å². The summed E-state index contributed by atoms with van der Waals surface area (Å²) < 4.78 is 0. The molecule has 20 heavy (non-hydrogen) atoms. The Morgan fingerprint density at radius 1 is 0.650 bits per heavy atom. The lowest BCUT2D eigenvalue weighted by Gasteiger charge is -2.08. The zero-order chi connectivity index (χ0) is 13.7. The van der Waals surface area contributed by atoms with Crippen molar-refractivity contribution in [2.24, 2.45) is 0 Å². The van der Waals surface area contributed by atoms with E-state index in [1.54, 1.807) is 12.4 Å². The SMILES string of the molecule is Nc1nc2c3cccnc3c3ncccc3c2nc1N. The molecule has 0 spiro atoms. The van der Waals surface area contributed by atoms with Crippen LogP contribution in [0.1, 0.15) is 0 Å². The highest BCUT2D eigenvalue weighted by Gasteiger charge is 2.13. The molecule has 0 saturated heterocycles. The molecule has 0 fully saturated rings. The maximum absolute atomic E-state index is 5.79. The van der Waals surface area contributed by atoms with Crippen LogP contribution in [0.25, 0.3) is 32.8 Å². The van der Waals surface area contributed by atoms with E-state index in [0.29, 0.717) is 11.0 Å². The number of nitrogens with zero attached hydrogens (tertiary/aromatic N) is 4. The largest absolute Gasteiger partial charge is 0.381 e. The number of anilines is 2. The zero-order valence-corrected chi connectivity index (χ0v) is 10.4. The third kappa shape index (κ3) is 1.33. The molecule has 6 heteroatoms. The fourth-order valence-electron chi connectivity index (χ4n) is 2.41. The van der Waals surface area contributed by atoms with Crippen LogP contribution in [0.3, 0.4) is 0 Å². The molecule has 0 aliphatic heterocycles. The summed E-state index contributed by atoms with van der Waals surface area (Å²) in [5, 5.41) is 1.74. The molecule has 0 radical (unpaired) electrons. The van der Waals surface area contributed by atoms with Gasteiger partial charge in [0.15, 0.2) is 11.6 Å². The van der Waals surface area contributed by atoms with Crippen LogP contribution in [0, 0.1) is 0 Å². The number of hydrogen-bond donors (Lipinski definition) is 2. The molecule has 4 aromatic rings. The first-order valence-corrected chi connectivity index (χ1v) is 6.10. The van der Waals surface area contributed by atoms with Gasteiger partial charge in [0.1, 0.15) is 11.0 Å². The van der Waals surface area contributed by atoms with Crippen molar-refractivity contribution < 1.29 is 0 Å². The first kappa shape index (κ1) is 10.9. The summed E-state index contributed by atoms with van der Waals surface area (Å²) >= 11 is 0. The molecule has 0 unspecified atom stereocenters. The maximum atomic E-state index is 5.79. The Kier molecular flexibility index (Phi) is 2.03. The molecule has 1 aromatic carbocycles. The van der Waals surface area contributed by atoms with Gasteiger partial charge in [0.2, 0.25) is 0 Å². The van der Waals surface area contributed by atoms with Crippen molar-refractivity contribution in [1.82, 2.24) is 19.9 Å². The van der Waals surface area contributed by atoms with Gasteiger partial charge in [-0.3, -0.25) is 9.97 Å². The predicted octanol–water partition coefficient (Wildman–Crippen LogP) is 1.89. The zero-order valence-electron chi connectivity index (χ0n) is 10.4. The van der Waals surface area contributed by atoms with Crippen LogP contribution in [0.5, 0.6) is 0 Å². The average Bonchev–Trinajstić information content (AvgIpc) is 2.49. The summed E-state index contributed by atoms with van der Waals surface area (Å²) in [6.45, 7) is 0. The maximum Gasteiger partial charge on any atom is 0.166 e. The van der Waals surface area contributed by atoms with Crippen LogP contribution in [0.4, 0.5) is 11.6 Å². The minimum absolute atomic E-state index is 0.228. The van der Waals surface area contributed by atoms with E-state index in [1.807, 2.05) is 24.3 Å². The first-order valence-electron chi connectivity index (χ1n) is 6.10. The van der Waals surface area contributed by atoms with E-state index in [0.717, 1.165) is 21.8 Å². The van der Waals surface area contributed by atoms with Gasteiger partial charge in [-0.15, -0.1) is 0 Å². The molecule has 0 atom stereocenters. The van der Waals surface area contributed by atoms with Crippen molar-refractivity contribution in [3.63, 3.8) is 0 Å². The quantitative estimate of drug-likeness (QED) is 0.469. The van der Waals surface area contributed by atoms with Crippen molar-refractivity contribution in [3.8, 4) is 0 Å². The Morgan fingerprint density at radius 2 is 1.10 bits per heavy atom. The highest BCUT2D eigenvalue weighted by atomic mass is 15.0. The summed E-state index contributed by atoms with van der Waals surface area (Å²) in [5.74, 6) is 0.455.